The number of nitrogens with zero attached hydrogens (tertiary/aromatic N) is 1. The van der Waals surface area contributed by atoms with Gasteiger partial charge in [-0.1, -0.05) is 0 Å². The SMILES string of the molecule is CC1CN(c2ccc(C(=N)N)c(Br)c2F)CC(C)O1. The molecule has 2 atom stereocenters. The molecule has 0 bridgehead atoms. The number of ether oxygens (including phenoxy) is 1. The first kappa shape index (κ1) is 14.3. The van der Waals surface area contributed by atoms with Gasteiger partial charge in [-0.2, -0.15) is 0 Å². The Hall–Kier alpha value is -1.14. The molecule has 0 aliphatic carbocycles. The maximum atomic E-state index is 14.4. The Balaban J connectivity index is 2.35. The van der Waals surface area contributed by atoms with Gasteiger partial charge in [0.1, 0.15) is 5.84 Å². The summed E-state index contributed by atoms with van der Waals surface area (Å²) in [6.07, 6.45) is 0.129. The number of hydrogen-bond acceptors (Lipinski definition) is 3. The van der Waals surface area contributed by atoms with Gasteiger partial charge in [0.25, 0.3) is 0 Å². The maximum absolute atomic E-state index is 14.4. The van der Waals surface area contributed by atoms with Crippen molar-refractivity contribution >= 4 is 27.5 Å². The molecule has 0 saturated carbocycles. The minimum atomic E-state index is -0.381. The lowest BCUT2D eigenvalue weighted by Crippen LogP contribution is -2.45. The monoisotopic (exact) mass is 329 g/mol. The van der Waals surface area contributed by atoms with E-state index in [4.69, 9.17) is 15.9 Å². The topological polar surface area (TPSA) is 62.3 Å². The van der Waals surface area contributed by atoms with E-state index < -0.39 is 0 Å². The average Bonchev–Trinajstić information content (AvgIpc) is 2.30. The number of hydrogen-bond donors (Lipinski definition) is 2. The Bertz CT molecular complexity index is 499. The minimum Gasteiger partial charge on any atom is -0.384 e. The Morgan fingerprint density at radius 1 is 1.42 bits per heavy atom. The summed E-state index contributed by atoms with van der Waals surface area (Å²) in [4.78, 5) is 1.96. The molecular weight excluding hydrogens is 313 g/mol. The largest absolute Gasteiger partial charge is 0.384 e. The van der Waals surface area contributed by atoms with Gasteiger partial charge in [0.2, 0.25) is 0 Å². The molecular formula is C13H17BrFN3O. The summed E-state index contributed by atoms with van der Waals surface area (Å²) >= 11 is 3.17. The van der Waals surface area contributed by atoms with E-state index >= 15 is 0 Å². The molecule has 19 heavy (non-hydrogen) atoms. The van der Waals surface area contributed by atoms with Crippen LogP contribution in [-0.4, -0.2) is 31.1 Å². The van der Waals surface area contributed by atoms with Gasteiger partial charge in [0, 0.05) is 18.7 Å². The zero-order valence-electron chi connectivity index (χ0n) is 10.9. The molecule has 2 rings (SSSR count). The van der Waals surface area contributed by atoms with Crippen LogP contribution in [0.25, 0.3) is 0 Å². The zero-order valence-corrected chi connectivity index (χ0v) is 12.5. The molecule has 1 aliphatic rings. The normalized spacial score (nSPS) is 23.5. The van der Waals surface area contributed by atoms with Crippen LogP contribution in [0.1, 0.15) is 19.4 Å². The van der Waals surface area contributed by atoms with E-state index in [-0.39, 0.29) is 28.3 Å². The van der Waals surface area contributed by atoms with Crippen molar-refractivity contribution in [3.05, 3.63) is 28.0 Å². The fourth-order valence-corrected chi connectivity index (χ4v) is 2.91. The van der Waals surface area contributed by atoms with E-state index in [1.54, 1.807) is 12.1 Å². The van der Waals surface area contributed by atoms with Crippen LogP contribution in [0.15, 0.2) is 16.6 Å². The molecule has 0 aromatic heterocycles. The van der Waals surface area contributed by atoms with E-state index in [2.05, 4.69) is 15.9 Å². The number of nitrogen functional groups attached to an aromatic ring is 1. The van der Waals surface area contributed by atoms with Gasteiger partial charge in [-0.3, -0.25) is 5.41 Å². The van der Waals surface area contributed by atoms with E-state index in [1.807, 2.05) is 18.7 Å². The molecule has 1 aromatic carbocycles. The van der Waals surface area contributed by atoms with Gasteiger partial charge in [-0.25, -0.2) is 4.39 Å². The van der Waals surface area contributed by atoms with Crippen molar-refractivity contribution in [2.24, 2.45) is 5.73 Å². The molecule has 2 unspecified atom stereocenters. The molecule has 3 N–H and O–H groups in total. The minimum absolute atomic E-state index is 0.0643. The molecule has 1 fully saturated rings. The Morgan fingerprint density at radius 2 is 2.00 bits per heavy atom. The molecule has 0 amide bonds. The highest BCUT2D eigenvalue weighted by molar-refractivity contribution is 9.10. The van der Waals surface area contributed by atoms with Crippen LogP contribution in [0.2, 0.25) is 0 Å². The predicted octanol–water partition coefficient (Wildman–Crippen LogP) is 2.49. The van der Waals surface area contributed by atoms with Crippen LogP contribution >= 0.6 is 15.9 Å². The fourth-order valence-electron chi connectivity index (χ4n) is 2.37. The summed E-state index contributed by atoms with van der Waals surface area (Å²) in [5.41, 5.74) is 6.29. The molecule has 6 heteroatoms. The van der Waals surface area contributed by atoms with Gasteiger partial charge in [-0.05, 0) is 41.9 Å². The first-order valence-electron chi connectivity index (χ1n) is 6.13. The van der Waals surface area contributed by atoms with Crippen molar-refractivity contribution in [1.82, 2.24) is 0 Å². The molecule has 104 valence electrons. The van der Waals surface area contributed by atoms with E-state index in [9.17, 15) is 4.39 Å². The lowest BCUT2D eigenvalue weighted by atomic mass is 10.1. The summed E-state index contributed by atoms with van der Waals surface area (Å²) < 4.78 is 20.3. The first-order valence-corrected chi connectivity index (χ1v) is 6.92. The summed E-state index contributed by atoms with van der Waals surface area (Å²) in [6.45, 7) is 5.24. The summed E-state index contributed by atoms with van der Waals surface area (Å²) in [5, 5.41) is 7.40. The highest BCUT2D eigenvalue weighted by atomic mass is 79.9. The van der Waals surface area contributed by atoms with Gasteiger partial charge >= 0.3 is 0 Å². The second-order valence-corrected chi connectivity index (χ2v) is 5.63. The fraction of sp³-hybridized carbons (Fsp3) is 0.462. The molecule has 1 aliphatic heterocycles. The van der Waals surface area contributed by atoms with Crippen molar-refractivity contribution in [2.45, 2.75) is 26.1 Å². The third-order valence-electron chi connectivity index (χ3n) is 3.11. The molecule has 1 aromatic rings. The third kappa shape index (κ3) is 2.90. The second kappa shape index (κ2) is 5.46. The standard InChI is InChI=1S/C13H17BrFN3O/c1-7-5-18(6-8(2)19-7)10-4-3-9(13(16)17)11(14)12(10)15/h3-4,7-8H,5-6H2,1-2H3,(H3,16,17). The zero-order chi connectivity index (χ0) is 14.2. The number of halogens is 2. The highest BCUT2D eigenvalue weighted by Gasteiger charge is 2.25. The summed E-state index contributed by atoms with van der Waals surface area (Å²) in [5.74, 6) is -0.532. The molecule has 0 spiro atoms. The summed E-state index contributed by atoms with van der Waals surface area (Å²) in [6, 6.07) is 3.33. The van der Waals surface area contributed by atoms with Crippen LogP contribution in [0.3, 0.4) is 0 Å². The highest BCUT2D eigenvalue weighted by Crippen LogP contribution is 2.31. The number of nitrogens with one attached hydrogen (secondary N) is 1. The van der Waals surface area contributed by atoms with Gasteiger partial charge in [-0.15, -0.1) is 0 Å². The van der Waals surface area contributed by atoms with Crippen molar-refractivity contribution in [3.63, 3.8) is 0 Å². The smallest absolute Gasteiger partial charge is 0.161 e. The van der Waals surface area contributed by atoms with Crippen molar-refractivity contribution in [3.8, 4) is 0 Å². The molecule has 1 heterocycles. The Kier molecular flexibility index (Phi) is 4.10. The number of amidine groups is 1. The van der Waals surface area contributed by atoms with Crippen LogP contribution in [0, 0.1) is 11.2 Å². The molecule has 4 nitrogen and oxygen atoms in total. The first-order chi connectivity index (χ1) is 8.90. The summed E-state index contributed by atoms with van der Waals surface area (Å²) in [7, 11) is 0. The van der Waals surface area contributed by atoms with E-state index in [0.717, 1.165) is 0 Å². The number of anilines is 1. The second-order valence-electron chi connectivity index (χ2n) is 4.84. The Labute approximate surface area is 120 Å². The van der Waals surface area contributed by atoms with Crippen molar-refractivity contribution in [1.29, 1.82) is 5.41 Å². The lowest BCUT2D eigenvalue weighted by molar-refractivity contribution is -0.00539. The maximum Gasteiger partial charge on any atom is 0.161 e. The predicted molar refractivity (Wildman–Crippen MR) is 77.3 cm³/mol. The lowest BCUT2D eigenvalue weighted by Gasteiger charge is -2.37. The van der Waals surface area contributed by atoms with Crippen molar-refractivity contribution in [2.75, 3.05) is 18.0 Å². The van der Waals surface area contributed by atoms with Gasteiger partial charge in [0.15, 0.2) is 5.82 Å². The third-order valence-corrected chi connectivity index (χ3v) is 3.89. The van der Waals surface area contributed by atoms with Crippen molar-refractivity contribution < 1.29 is 9.13 Å². The van der Waals surface area contributed by atoms with Crippen LogP contribution in [0.4, 0.5) is 10.1 Å². The molecule has 1 saturated heterocycles. The quantitative estimate of drug-likeness (QED) is 0.647. The number of benzene rings is 1. The van der Waals surface area contributed by atoms with Crippen LogP contribution < -0.4 is 10.6 Å². The Morgan fingerprint density at radius 3 is 2.53 bits per heavy atom. The van der Waals surface area contributed by atoms with E-state index in [1.165, 1.54) is 0 Å². The van der Waals surface area contributed by atoms with Gasteiger partial charge in [0.05, 0.1) is 22.4 Å². The average molecular weight is 330 g/mol. The number of rotatable bonds is 2. The van der Waals surface area contributed by atoms with Crippen LogP contribution in [-0.2, 0) is 4.74 Å². The van der Waals surface area contributed by atoms with E-state index in [0.29, 0.717) is 24.3 Å². The van der Waals surface area contributed by atoms with Gasteiger partial charge < -0.3 is 15.4 Å². The number of nitrogens with two attached hydrogens (primary N) is 1. The molecule has 0 radical (unpaired) electrons. The number of morpholine rings is 1. The van der Waals surface area contributed by atoms with Crippen LogP contribution in [0.5, 0.6) is 0 Å².